The topological polar surface area (TPSA) is 49.8 Å². The Hall–Kier alpha value is -2.69. The molecule has 0 spiro atoms. The molecule has 3 rings (SSSR count). The van der Waals surface area contributed by atoms with Gasteiger partial charge >= 0.3 is 0 Å². The highest BCUT2D eigenvalue weighted by atomic mass is 19.1. The smallest absolute Gasteiger partial charge is 0.224 e. The summed E-state index contributed by atoms with van der Waals surface area (Å²) in [5.41, 5.74) is 1.44. The summed E-state index contributed by atoms with van der Waals surface area (Å²) in [5, 5.41) is 7.03. The lowest BCUT2D eigenvalue weighted by molar-refractivity contribution is 0.613. The number of aromatic nitrogens is 2. The number of anilines is 2. The van der Waals surface area contributed by atoms with Gasteiger partial charge in [-0.05, 0) is 18.2 Å². The highest BCUT2D eigenvalue weighted by Gasteiger charge is 2.07. The van der Waals surface area contributed by atoms with Gasteiger partial charge in [-0.15, -0.1) is 0 Å². The Morgan fingerprint density at radius 2 is 1.76 bits per heavy atom. The lowest BCUT2D eigenvalue weighted by Gasteiger charge is -2.11. The van der Waals surface area contributed by atoms with E-state index in [2.05, 4.69) is 20.6 Å². The number of rotatable bonds is 4. The minimum Gasteiger partial charge on any atom is -0.365 e. The van der Waals surface area contributed by atoms with Crippen molar-refractivity contribution >= 4 is 22.7 Å². The molecule has 0 unspecified atom stereocenters. The van der Waals surface area contributed by atoms with Gasteiger partial charge in [0, 0.05) is 24.5 Å². The second-order valence-corrected chi connectivity index (χ2v) is 4.61. The Balaban J connectivity index is 1.94. The molecule has 1 heterocycles. The van der Waals surface area contributed by atoms with Crippen molar-refractivity contribution < 1.29 is 4.39 Å². The Morgan fingerprint density at radius 3 is 2.57 bits per heavy atom. The third kappa shape index (κ3) is 2.76. The largest absolute Gasteiger partial charge is 0.365 e. The Bertz CT molecular complexity index is 773. The molecule has 4 nitrogen and oxygen atoms in total. The fourth-order valence-corrected chi connectivity index (χ4v) is 2.14. The molecule has 106 valence electrons. The summed E-state index contributed by atoms with van der Waals surface area (Å²) in [6, 6.07) is 14.4. The van der Waals surface area contributed by atoms with Crippen molar-refractivity contribution in [3.63, 3.8) is 0 Å². The summed E-state index contributed by atoms with van der Waals surface area (Å²) in [4.78, 5) is 8.80. The van der Waals surface area contributed by atoms with Crippen LogP contribution in [-0.2, 0) is 6.54 Å². The van der Waals surface area contributed by atoms with Gasteiger partial charge in [-0.3, -0.25) is 0 Å². The molecule has 0 aliphatic carbocycles. The van der Waals surface area contributed by atoms with Crippen LogP contribution in [0, 0.1) is 5.82 Å². The first-order chi connectivity index (χ1) is 10.3. The summed E-state index contributed by atoms with van der Waals surface area (Å²) in [5.74, 6) is 0.995. The van der Waals surface area contributed by atoms with Gasteiger partial charge in [-0.1, -0.05) is 30.3 Å². The van der Waals surface area contributed by atoms with E-state index >= 15 is 0 Å². The van der Waals surface area contributed by atoms with Crippen molar-refractivity contribution in [3.8, 4) is 0 Å². The number of hydrogen-bond acceptors (Lipinski definition) is 4. The van der Waals surface area contributed by atoms with Crippen LogP contribution in [0.1, 0.15) is 5.56 Å². The lowest BCUT2D eigenvalue weighted by atomic mass is 10.2. The number of para-hydroxylation sites is 1. The van der Waals surface area contributed by atoms with Gasteiger partial charge in [0.25, 0.3) is 0 Å². The maximum Gasteiger partial charge on any atom is 0.224 e. The van der Waals surface area contributed by atoms with E-state index in [4.69, 9.17) is 0 Å². The van der Waals surface area contributed by atoms with Gasteiger partial charge in [-0.2, -0.15) is 4.98 Å². The molecular weight excluding hydrogens is 267 g/mol. The van der Waals surface area contributed by atoms with Crippen LogP contribution in [0.25, 0.3) is 10.9 Å². The number of nitrogens with zero attached hydrogens (tertiary/aromatic N) is 2. The zero-order valence-corrected chi connectivity index (χ0v) is 11.6. The molecule has 0 saturated carbocycles. The first-order valence-electron chi connectivity index (χ1n) is 6.70. The Morgan fingerprint density at radius 1 is 1.00 bits per heavy atom. The number of hydrogen-bond donors (Lipinski definition) is 2. The molecule has 0 amide bonds. The first-order valence-corrected chi connectivity index (χ1v) is 6.70. The molecule has 0 radical (unpaired) electrons. The van der Waals surface area contributed by atoms with Crippen LogP contribution in [-0.4, -0.2) is 17.0 Å². The zero-order valence-electron chi connectivity index (χ0n) is 11.6. The van der Waals surface area contributed by atoms with E-state index in [1.54, 1.807) is 19.2 Å². The first kappa shape index (κ1) is 13.3. The number of halogens is 1. The molecule has 0 saturated heterocycles. The fraction of sp³-hybridized carbons (Fsp3) is 0.125. The standard InChI is InChI=1S/C16H15FN4/c1-18-16-20-14-9-5-3-7-12(14)15(21-16)19-10-11-6-2-4-8-13(11)17/h2-9H,10H2,1H3,(H2,18,19,20,21). The Kier molecular flexibility index (Phi) is 3.64. The van der Waals surface area contributed by atoms with Crippen LogP contribution in [0.5, 0.6) is 0 Å². The number of benzene rings is 2. The molecule has 21 heavy (non-hydrogen) atoms. The molecule has 0 atom stereocenters. The van der Waals surface area contributed by atoms with Crippen molar-refractivity contribution in [2.24, 2.45) is 0 Å². The van der Waals surface area contributed by atoms with E-state index < -0.39 is 0 Å². The minimum absolute atomic E-state index is 0.225. The highest BCUT2D eigenvalue weighted by molar-refractivity contribution is 5.89. The van der Waals surface area contributed by atoms with Crippen molar-refractivity contribution in [2.75, 3.05) is 17.7 Å². The van der Waals surface area contributed by atoms with Gasteiger partial charge in [-0.25, -0.2) is 9.37 Å². The van der Waals surface area contributed by atoms with E-state index in [1.807, 2.05) is 30.3 Å². The summed E-state index contributed by atoms with van der Waals surface area (Å²) >= 11 is 0. The maximum atomic E-state index is 13.7. The number of nitrogens with one attached hydrogen (secondary N) is 2. The Labute approximate surface area is 122 Å². The summed E-state index contributed by atoms with van der Waals surface area (Å²) in [7, 11) is 1.77. The van der Waals surface area contributed by atoms with Crippen LogP contribution >= 0.6 is 0 Å². The predicted molar refractivity (Wildman–Crippen MR) is 82.8 cm³/mol. The van der Waals surface area contributed by atoms with Crippen molar-refractivity contribution in [3.05, 3.63) is 59.9 Å². The molecule has 2 aromatic carbocycles. The van der Waals surface area contributed by atoms with E-state index in [1.165, 1.54) is 6.07 Å². The van der Waals surface area contributed by atoms with E-state index in [0.29, 0.717) is 23.9 Å². The lowest BCUT2D eigenvalue weighted by Crippen LogP contribution is -2.06. The molecular formula is C16H15FN4. The van der Waals surface area contributed by atoms with Crippen molar-refractivity contribution in [1.82, 2.24) is 9.97 Å². The predicted octanol–water partition coefficient (Wildman–Crippen LogP) is 3.42. The van der Waals surface area contributed by atoms with Crippen molar-refractivity contribution in [2.45, 2.75) is 6.54 Å². The third-order valence-electron chi connectivity index (χ3n) is 3.23. The molecule has 1 aromatic heterocycles. The molecule has 0 aliphatic heterocycles. The van der Waals surface area contributed by atoms with Gasteiger partial charge < -0.3 is 10.6 Å². The highest BCUT2D eigenvalue weighted by Crippen LogP contribution is 2.22. The van der Waals surface area contributed by atoms with Gasteiger partial charge in [0.1, 0.15) is 11.6 Å². The van der Waals surface area contributed by atoms with Crippen LogP contribution in [0.15, 0.2) is 48.5 Å². The summed E-state index contributed by atoms with van der Waals surface area (Å²) < 4.78 is 13.7. The normalized spacial score (nSPS) is 10.6. The molecule has 0 fully saturated rings. The molecule has 0 aliphatic rings. The zero-order chi connectivity index (χ0) is 14.7. The second kappa shape index (κ2) is 5.75. The van der Waals surface area contributed by atoms with Crippen LogP contribution in [0.4, 0.5) is 16.2 Å². The van der Waals surface area contributed by atoms with Crippen LogP contribution in [0.2, 0.25) is 0 Å². The average molecular weight is 282 g/mol. The van der Waals surface area contributed by atoms with Gasteiger partial charge in [0.15, 0.2) is 0 Å². The number of fused-ring (bicyclic) bond motifs is 1. The van der Waals surface area contributed by atoms with Gasteiger partial charge in [0.2, 0.25) is 5.95 Å². The monoisotopic (exact) mass is 282 g/mol. The molecule has 0 bridgehead atoms. The SMILES string of the molecule is CNc1nc(NCc2ccccc2F)c2ccccc2n1. The van der Waals surface area contributed by atoms with Crippen molar-refractivity contribution in [1.29, 1.82) is 0 Å². The quantitative estimate of drug-likeness (QED) is 0.770. The maximum absolute atomic E-state index is 13.7. The minimum atomic E-state index is -0.225. The third-order valence-corrected chi connectivity index (χ3v) is 3.23. The van der Waals surface area contributed by atoms with E-state index in [9.17, 15) is 4.39 Å². The average Bonchev–Trinajstić information content (AvgIpc) is 2.53. The fourth-order valence-electron chi connectivity index (χ4n) is 2.14. The molecule has 2 N–H and O–H groups in total. The summed E-state index contributed by atoms with van der Waals surface area (Å²) in [6.07, 6.45) is 0. The summed E-state index contributed by atoms with van der Waals surface area (Å²) in [6.45, 7) is 0.372. The molecule has 3 aromatic rings. The van der Waals surface area contributed by atoms with Crippen LogP contribution < -0.4 is 10.6 Å². The van der Waals surface area contributed by atoms with E-state index in [0.717, 1.165) is 10.9 Å². The van der Waals surface area contributed by atoms with Crippen LogP contribution in [0.3, 0.4) is 0 Å². The van der Waals surface area contributed by atoms with E-state index in [-0.39, 0.29) is 5.82 Å². The van der Waals surface area contributed by atoms with Gasteiger partial charge in [0.05, 0.1) is 5.52 Å². The second-order valence-electron chi connectivity index (χ2n) is 4.61. The molecule has 5 heteroatoms.